The van der Waals surface area contributed by atoms with E-state index in [9.17, 15) is 13.7 Å². The standard InChI is InChI=1S/C22H24N6O2S/c1-15-2-4-16(5-3-15)31(29,30)28-11-6-17-19(18(24)12-26-20(17)28)27-22(14-23)13-21(22)7-9-25-10-8-21/h2-6,11-12,25H,7-10,13,24H2,1H3,(H,26,27). The van der Waals surface area contributed by atoms with Crippen LogP contribution in [0.4, 0.5) is 11.4 Å². The van der Waals surface area contributed by atoms with E-state index in [-0.39, 0.29) is 16.0 Å². The second kappa shape index (κ2) is 6.70. The number of aryl methyl sites for hydroxylation is 1. The van der Waals surface area contributed by atoms with Gasteiger partial charge in [-0.25, -0.2) is 17.4 Å². The number of piperidine rings is 1. The normalized spacial score (nSPS) is 22.3. The van der Waals surface area contributed by atoms with Gasteiger partial charge in [-0.15, -0.1) is 0 Å². The molecular weight excluding hydrogens is 412 g/mol. The van der Waals surface area contributed by atoms with E-state index in [0.717, 1.165) is 37.9 Å². The number of fused-ring (bicyclic) bond motifs is 1. The topological polar surface area (TPSA) is 126 Å². The number of hydrogen-bond acceptors (Lipinski definition) is 7. The fourth-order valence-corrected chi connectivity index (χ4v) is 6.09. The predicted octanol–water partition coefficient (Wildman–Crippen LogP) is 2.61. The van der Waals surface area contributed by atoms with Crippen LogP contribution in [0.3, 0.4) is 0 Å². The number of nitrogens with two attached hydrogens (primary N) is 1. The Labute approximate surface area is 181 Å². The average molecular weight is 437 g/mol. The molecule has 31 heavy (non-hydrogen) atoms. The monoisotopic (exact) mass is 436 g/mol. The molecule has 0 amide bonds. The summed E-state index contributed by atoms with van der Waals surface area (Å²) in [5.74, 6) is 0. The molecule has 1 aliphatic heterocycles. The summed E-state index contributed by atoms with van der Waals surface area (Å²) in [6.07, 6.45) is 5.54. The van der Waals surface area contributed by atoms with Gasteiger partial charge >= 0.3 is 0 Å². The first kappa shape index (κ1) is 19.8. The second-order valence-corrected chi connectivity index (χ2v) is 10.4. The lowest BCUT2D eigenvalue weighted by Crippen LogP contribution is -2.37. The molecule has 9 heteroatoms. The van der Waals surface area contributed by atoms with Crippen molar-refractivity contribution >= 4 is 32.4 Å². The molecule has 2 aliphatic rings. The van der Waals surface area contributed by atoms with Crippen molar-refractivity contribution in [1.82, 2.24) is 14.3 Å². The third-order valence-electron chi connectivity index (χ3n) is 6.76. The number of nitrogens with one attached hydrogen (secondary N) is 2. The summed E-state index contributed by atoms with van der Waals surface area (Å²) in [6.45, 7) is 3.68. The minimum Gasteiger partial charge on any atom is -0.396 e. The first-order valence-electron chi connectivity index (χ1n) is 10.3. The van der Waals surface area contributed by atoms with Crippen molar-refractivity contribution in [3.63, 3.8) is 0 Å². The molecule has 1 unspecified atom stereocenters. The van der Waals surface area contributed by atoms with Crippen LogP contribution < -0.4 is 16.4 Å². The molecule has 160 valence electrons. The SMILES string of the molecule is Cc1ccc(S(=O)(=O)n2ccc3c(NC4(C#N)CC45CCNCC5)c(N)cnc32)cc1. The molecule has 1 spiro atoms. The minimum atomic E-state index is -3.82. The van der Waals surface area contributed by atoms with E-state index in [1.165, 1.54) is 16.4 Å². The van der Waals surface area contributed by atoms with Gasteiger partial charge in [0.2, 0.25) is 0 Å². The van der Waals surface area contributed by atoms with Crippen LogP contribution in [0.1, 0.15) is 24.8 Å². The number of nitriles is 1. The Hall–Kier alpha value is -3.09. The first-order chi connectivity index (χ1) is 14.8. The summed E-state index contributed by atoms with van der Waals surface area (Å²) in [5, 5.41) is 17.3. The molecule has 2 fully saturated rings. The predicted molar refractivity (Wildman–Crippen MR) is 119 cm³/mol. The maximum Gasteiger partial charge on any atom is 0.269 e. The fraction of sp³-hybridized carbons (Fsp3) is 0.364. The van der Waals surface area contributed by atoms with Crippen molar-refractivity contribution in [1.29, 1.82) is 5.26 Å². The molecule has 0 bridgehead atoms. The van der Waals surface area contributed by atoms with E-state index in [4.69, 9.17) is 5.73 Å². The molecule has 2 aromatic heterocycles. The summed E-state index contributed by atoms with van der Waals surface area (Å²) < 4.78 is 27.6. The van der Waals surface area contributed by atoms with Crippen molar-refractivity contribution in [2.75, 3.05) is 24.1 Å². The van der Waals surface area contributed by atoms with Crippen molar-refractivity contribution < 1.29 is 8.42 Å². The summed E-state index contributed by atoms with van der Waals surface area (Å²) in [6, 6.07) is 10.9. The summed E-state index contributed by atoms with van der Waals surface area (Å²) >= 11 is 0. The highest BCUT2D eigenvalue weighted by Crippen LogP contribution is 2.63. The van der Waals surface area contributed by atoms with E-state index < -0.39 is 15.6 Å². The van der Waals surface area contributed by atoms with Crippen LogP contribution in [0, 0.1) is 23.7 Å². The zero-order valence-corrected chi connectivity index (χ0v) is 18.0. The number of aromatic nitrogens is 2. The van der Waals surface area contributed by atoms with E-state index >= 15 is 0 Å². The van der Waals surface area contributed by atoms with Crippen molar-refractivity contribution in [2.45, 2.75) is 36.6 Å². The largest absolute Gasteiger partial charge is 0.396 e. The Kier molecular flexibility index (Phi) is 4.29. The molecule has 3 heterocycles. The maximum absolute atomic E-state index is 13.2. The molecule has 1 aliphatic carbocycles. The van der Waals surface area contributed by atoms with Crippen LogP contribution in [0.2, 0.25) is 0 Å². The Balaban J connectivity index is 1.57. The lowest BCUT2D eigenvalue weighted by molar-refractivity contribution is 0.331. The third kappa shape index (κ3) is 2.90. The van der Waals surface area contributed by atoms with Gasteiger partial charge in [0.1, 0.15) is 5.54 Å². The Morgan fingerprint density at radius 2 is 1.94 bits per heavy atom. The molecule has 8 nitrogen and oxygen atoms in total. The molecule has 1 atom stereocenters. The Morgan fingerprint density at radius 1 is 1.23 bits per heavy atom. The van der Waals surface area contributed by atoms with Gasteiger partial charge in [-0.2, -0.15) is 5.26 Å². The van der Waals surface area contributed by atoms with Crippen LogP contribution in [-0.4, -0.2) is 36.0 Å². The van der Waals surface area contributed by atoms with Gasteiger partial charge in [0.15, 0.2) is 5.65 Å². The molecule has 0 radical (unpaired) electrons. The van der Waals surface area contributed by atoms with E-state index in [1.807, 2.05) is 6.92 Å². The van der Waals surface area contributed by atoms with E-state index in [0.29, 0.717) is 16.8 Å². The maximum atomic E-state index is 13.2. The van der Waals surface area contributed by atoms with Crippen LogP contribution >= 0.6 is 0 Å². The summed E-state index contributed by atoms with van der Waals surface area (Å²) in [7, 11) is -3.82. The highest BCUT2D eigenvalue weighted by molar-refractivity contribution is 7.90. The molecule has 1 saturated heterocycles. The van der Waals surface area contributed by atoms with Crippen molar-refractivity contribution in [3.8, 4) is 6.07 Å². The van der Waals surface area contributed by atoms with Crippen LogP contribution in [0.25, 0.3) is 11.0 Å². The highest BCUT2D eigenvalue weighted by Gasteiger charge is 2.68. The van der Waals surface area contributed by atoms with E-state index in [1.54, 1.807) is 30.3 Å². The highest BCUT2D eigenvalue weighted by atomic mass is 32.2. The molecule has 1 aromatic carbocycles. The lowest BCUT2D eigenvalue weighted by atomic mass is 9.89. The van der Waals surface area contributed by atoms with Crippen LogP contribution in [0.5, 0.6) is 0 Å². The van der Waals surface area contributed by atoms with Crippen LogP contribution in [-0.2, 0) is 10.0 Å². The van der Waals surface area contributed by atoms with Gasteiger partial charge in [0.05, 0.1) is 28.5 Å². The van der Waals surface area contributed by atoms with Gasteiger partial charge in [-0.3, -0.25) is 0 Å². The number of benzene rings is 1. The van der Waals surface area contributed by atoms with E-state index in [2.05, 4.69) is 21.7 Å². The van der Waals surface area contributed by atoms with Gasteiger partial charge in [-0.05, 0) is 57.5 Å². The quantitative estimate of drug-likeness (QED) is 0.574. The first-order valence-corrected chi connectivity index (χ1v) is 11.7. The fourth-order valence-electron chi connectivity index (χ4n) is 4.78. The number of rotatable bonds is 4. The van der Waals surface area contributed by atoms with Gasteiger partial charge < -0.3 is 16.4 Å². The number of hydrogen-bond donors (Lipinski definition) is 3. The molecule has 4 N–H and O–H groups in total. The zero-order chi connectivity index (χ0) is 21.9. The van der Waals surface area contributed by atoms with Crippen LogP contribution in [0.15, 0.2) is 47.6 Å². The summed E-state index contributed by atoms with van der Waals surface area (Å²) in [5.41, 5.74) is 7.68. The molecular formula is C22H24N6O2S. The van der Waals surface area contributed by atoms with Crippen molar-refractivity contribution in [3.05, 3.63) is 48.3 Å². The average Bonchev–Trinajstić information content (AvgIpc) is 3.13. The smallest absolute Gasteiger partial charge is 0.269 e. The molecule has 3 aromatic rings. The van der Waals surface area contributed by atoms with Gasteiger partial charge in [0, 0.05) is 17.0 Å². The second-order valence-electron chi connectivity index (χ2n) is 8.60. The number of pyridine rings is 1. The van der Waals surface area contributed by atoms with Gasteiger partial charge in [-0.1, -0.05) is 17.7 Å². The lowest BCUT2D eigenvalue weighted by Gasteiger charge is -2.27. The Morgan fingerprint density at radius 3 is 2.61 bits per heavy atom. The number of nitrogen functional groups attached to an aromatic ring is 1. The minimum absolute atomic E-state index is 0.0778. The Bertz CT molecular complexity index is 1320. The van der Waals surface area contributed by atoms with Gasteiger partial charge in [0.25, 0.3) is 10.0 Å². The molecule has 5 rings (SSSR count). The van der Waals surface area contributed by atoms with Crippen molar-refractivity contribution in [2.24, 2.45) is 5.41 Å². The zero-order valence-electron chi connectivity index (χ0n) is 17.2. The number of anilines is 2. The number of nitrogens with zero attached hydrogens (tertiary/aromatic N) is 3. The summed E-state index contributed by atoms with van der Waals surface area (Å²) in [4.78, 5) is 4.50. The molecule has 1 saturated carbocycles. The third-order valence-corrected chi connectivity index (χ3v) is 8.44.